The molecule has 0 saturated carbocycles. The summed E-state index contributed by atoms with van der Waals surface area (Å²) in [5.41, 5.74) is 2.51. The number of rotatable bonds is 5. The second kappa shape index (κ2) is 8.14. The van der Waals surface area contributed by atoms with Crippen LogP contribution in [0, 0.1) is 6.92 Å². The van der Waals surface area contributed by atoms with Gasteiger partial charge in [0.1, 0.15) is 5.69 Å². The highest BCUT2D eigenvalue weighted by Gasteiger charge is 2.21. The lowest BCUT2D eigenvalue weighted by atomic mass is 10.0. The summed E-state index contributed by atoms with van der Waals surface area (Å²) in [6.45, 7) is 5.96. The molecule has 0 radical (unpaired) electrons. The van der Waals surface area contributed by atoms with Gasteiger partial charge in [-0.3, -0.25) is 4.79 Å². The lowest BCUT2D eigenvalue weighted by Crippen LogP contribution is -2.44. The van der Waals surface area contributed by atoms with E-state index >= 15 is 0 Å². The fourth-order valence-corrected chi connectivity index (χ4v) is 3.68. The van der Waals surface area contributed by atoms with E-state index in [0.717, 1.165) is 42.6 Å². The summed E-state index contributed by atoms with van der Waals surface area (Å²) in [4.78, 5) is 24.0. The minimum absolute atomic E-state index is 0.00405. The van der Waals surface area contributed by atoms with Gasteiger partial charge in [0, 0.05) is 31.6 Å². The average molecular weight is 354 g/mol. The lowest BCUT2D eigenvalue weighted by molar-refractivity contribution is 0.0753. The van der Waals surface area contributed by atoms with Crippen molar-refractivity contribution in [2.24, 2.45) is 0 Å². The predicted octanol–water partition coefficient (Wildman–Crippen LogP) is 2.64. The van der Waals surface area contributed by atoms with E-state index in [9.17, 15) is 4.79 Å². The molecule has 5 heteroatoms. The van der Waals surface area contributed by atoms with Crippen LogP contribution < -0.4 is 0 Å². The van der Waals surface area contributed by atoms with Gasteiger partial charge >= 0.3 is 0 Å². The van der Waals surface area contributed by atoms with Gasteiger partial charge in [0.2, 0.25) is 0 Å². The molecule has 140 valence electrons. The number of nitrogens with zero attached hydrogens (tertiary/aromatic N) is 4. The highest BCUT2D eigenvalue weighted by molar-refractivity contribution is 5.95. The highest BCUT2D eigenvalue weighted by Crippen LogP contribution is 2.18. The molecule has 0 bridgehead atoms. The molecule has 1 amide bonds. The topological polar surface area (TPSA) is 39.7 Å². The van der Waals surface area contributed by atoms with Gasteiger partial charge in [0.05, 0.1) is 5.52 Å². The van der Waals surface area contributed by atoms with E-state index in [-0.39, 0.29) is 5.91 Å². The molecule has 1 aromatic heterocycles. The number of carbonyl (C=O) groups excluding carboxylic acids is 1. The Hall–Kier alpha value is -1.98. The molecule has 0 spiro atoms. The third-order valence-electron chi connectivity index (χ3n) is 5.59. The predicted molar refractivity (Wildman–Crippen MR) is 107 cm³/mol. The van der Waals surface area contributed by atoms with Crippen molar-refractivity contribution in [3.05, 3.63) is 41.6 Å². The minimum atomic E-state index is -0.00405. The van der Waals surface area contributed by atoms with E-state index < -0.39 is 0 Å². The van der Waals surface area contributed by atoms with E-state index in [1.54, 1.807) is 4.90 Å². The van der Waals surface area contributed by atoms with Crippen LogP contribution in [0.25, 0.3) is 10.9 Å². The first kappa shape index (κ1) is 18.8. The molecular formula is C21H30N4O. The van der Waals surface area contributed by atoms with Crippen molar-refractivity contribution in [1.82, 2.24) is 19.7 Å². The second-order valence-electron chi connectivity index (χ2n) is 7.58. The van der Waals surface area contributed by atoms with Gasteiger partial charge in [-0.1, -0.05) is 18.2 Å². The van der Waals surface area contributed by atoms with Crippen molar-refractivity contribution in [2.75, 3.05) is 47.3 Å². The molecule has 1 aliphatic rings. The first-order valence-corrected chi connectivity index (χ1v) is 9.46. The molecule has 2 heterocycles. The van der Waals surface area contributed by atoms with Gasteiger partial charge in [-0.25, -0.2) is 4.98 Å². The molecule has 1 fully saturated rings. The van der Waals surface area contributed by atoms with Crippen molar-refractivity contribution in [1.29, 1.82) is 0 Å². The van der Waals surface area contributed by atoms with E-state index in [1.165, 1.54) is 12.8 Å². The molecule has 0 unspecified atom stereocenters. The number of pyridine rings is 1. The Labute approximate surface area is 156 Å². The average Bonchev–Trinajstić information content (AvgIpc) is 2.65. The van der Waals surface area contributed by atoms with Crippen LogP contribution in [-0.2, 0) is 0 Å². The van der Waals surface area contributed by atoms with E-state index in [2.05, 4.69) is 28.9 Å². The molecule has 0 atom stereocenters. The third-order valence-corrected chi connectivity index (χ3v) is 5.59. The van der Waals surface area contributed by atoms with Gasteiger partial charge in [-0.05, 0) is 64.6 Å². The van der Waals surface area contributed by atoms with Gasteiger partial charge in [-0.2, -0.15) is 0 Å². The van der Waals surface area contributed by atoms with Crippen molar-refractivity contribution < 1.29 is 4.79 Å². The zero-order valence-corrected chi connectivity index (χ0v) is 16.4. The maximum Gasteiger partial charge on any atom is 0.272 e. The maximum absolute atomic E-state index is 12.8. The summed E-state index contributed by atoms with van der Waals surface area (Å²) in [6.07, 6.45) is 2.41. The molecular weight excluding hydrogens is 324 g/mol. The fourth-order valence-electron chi connectivity index (χ4n) is 3.68. The number of piperidine rings is 1. The third kappa shape index (κ3) is 4.22. The lowest BCUT2D eigenvalue weighted by Gasteiger charge is -2.35. The molecule has 3 rings (SSSR count). The Morgan fingerprint density at radius 2 is 1.88 bits per heavy atom. The van der Waals surface area contributed by atoms with Gasteiger partial charge in [0.25, 0.3) is 5.91 Å². The number of carbonyl (C=O) groups is 1. The van der Waals surface area contributed by atoms with Crippen molar-refractivity contribution >= 4 is 16.8 Å². The number of aromatic nitrogens is 1. The molecule has 0 N–H and O–H groups in total. The van der Waals surface area contributed by atoms with Crippen LogP contribution >= 0.6 is 0 Å². The summed E-state index contributed by atoms with van der Waals surface area (Å²) >= 11 is 0. The number of likely N-dealkylation sites (N-methyl/N-ethyl adjacent to an activating group) is 2. The standard InChI is InChI=1S/C21H30N4O/c1-16-15-20(22-19-8-6-5-7-18(16)19)21(26)25(4)14-13-24(3)17-9-11-23(2)12-10-17/h5-8,15,17H,9-14H2,1-4H3. The van der Waals surface area contributed by atoms with Crippen LogP contribution in [0.1, 0.15) is 28.9 Å². The number of amides is 1. The number of para-hydroxylation sites is 1. The molecule has 1 aliphatic heterocycles. The van der Waals surface area contributed by atoms with Crippen LogP contribution in [0.15, 0.2) is 30.3 Å². The molecule has 26 heavy (non-hydrogen) atoms. The van der Waals surface area contributed by atoms with E-state index in [1.807, 2.05) is 44.3 Å². The van der Waals surface area contributed by atoms with Crippen LogP contribution in [0.4, 0.5) is 0 Å². The summed E-state index contributed by atoms with van der Waals surface area (Å²) in [5, 5.41) is 1.11. The molecule has 2 aromatic rings. The number of aryl methyl sites for hydroxylation is 1. The van der Waals surface area contributed by atoms with Crippen LogP contribution in [-0.4, -0.2) is 79.0 Å². The monoisotopic (exact) mass is 354 g/mol. The number of likely N-dealkylation sites (tertiary alicyclic amines) is 1. The SMILES string of the molecule is Cc1cc(C(=O)N(C)CCN(C)C2CCN(C)CC2)nc2ccccc12. The zero-order valence-electron chi connectivity index (χ0n) is 16.4. The first-order valence-electron chi connectivity index (χ1n) is 9.46. The largest absolute Gasteiger partial charge is 0.339 e. The van der Waals surface area contributed by atoms with Gasteiger partial charge < -0.3 is 14.7 Å². The number of hydrogen-bond acceptors (Lipinski definition) is 4. The normalized spacial score (nSPS) is 16.3. The van der Waals surface area contributed by atoms with E-state index in [0.29, 0.717) is 11.7 Å². The Bertz CT molecular complexity index is 768. The first-order chi connectivity index (χ1) is 12.5. The molecule has 5 nitrogen and oxygen atoms in total. The summed E-state index contributed by atoms with van der Waals surface area (Å²) in [7, 11) is 6.23. The second-order valence-corrected chi connectivity index (χ2v) is 7.58. The Balaban J connectivity index is 1.61. The quantitative estimate of drug-likeness (QED) is 0.828. The number of fused-ring (bicyclic) bond motifs is 1. The van der Waals surface area contributed by atoms with Crippen LogP contribution in [0.3, 0.4) is 0 Å². The highest BCUT2D eigenvalue weighted by atomic mass is 16.2. The van der Waals surface area contributed by atoms with Crippen molar-refractivity contribution in [3.63, 3.8) is 0 Å². The molecule has 0 aliphatic carbocycles. The Morgan fingerprint density at radius 3 is 2.62 bits per heavy atom. The summed E-state index contributed by atoms with van der Waals surface area (Å²) in [6, 6.07) is 10.5. The van der Waals surface area contributed by atoms with E-state index in [4.69, 9.17) is 0 Å². The van der Waals surface area contributed by atoms with Gasteiger partial charge in [-0.15, -0.1) is 0 Å². The summed E-state index contributed by atoms with van der Waals surface area (Å²) in [5.74, 6) is -0.00405. The van der Waals surface area contributed by atoms with Crippen LogP contribution in [0.5, 0.6) is 0 Å². The fraction of sp³-hybridized carbons (Fsp3) is 0.524. The number of benzene rings is 1. The van der Waals surface area contributed by atoms with Crippen molar-refractivity contribution in [3.8, 4) is 0 Å². The maximum atomic E-state index is 12.8. The Morgan fingerprint density at radius 1 is 1.19 bits per heavy atom. The van der Waals surface area contributed by atoms with Crippen molar-refractivity contribution in [2.45, 2.75) is 25.8 Å². The van der Waals surface area contributed by atoms with Gasteiger partial charge in [0.15, 0.2) is 0 Å². The smallest absolute Gasteiger partial charge is 0.272 e. The summed E-state index contributed by atoms with van der Waals surface area (Å²) < 4.78 is 0. The number of hydrogen-bond donors (Lipinski definition) is 0. The van der Waals surface area contributed by atoms with Crippen LogP contribution in [0.2, 0.25) is 0 Å². The molecule has 1 saturated heterocycles. The zero-order chi connectivity index (χ0) is 18.7. The minimum Gasteiger partial charge on any atom is -0.339 e. The molecule has 1 aromatic carbocycles. The Kier molecular flexibility index (Phi) is 5.89.